The van der Waals surface area contributed by atoms with Crippen molar-refractivity contribution >= 4 is 10.0 Å². The molecular formula is C12H26N4O2S. The molecule has 6 nitrogen and oxygen atoms in total. The van der Waals surface area contributed by atoms with Crippen molar-refractivity contribution in [1.82, 2.24) is 14.1 Å². The Morgan fingerprint density at radius 2 is 1.79 bits per heavy atom. The Morgan fingerprint density at radius 1 is 1.16 bits per heavy atom. The van der Waals surface area contributed by atoms with Crippen LogP contribution in [0.4, 0.5) is 0 Å². The smallest absolute Gasteiger partial charge is 0.211 e. The van der Waals surface area contributed by atoms with Crippen LogP contribution in [0.15, 0.2) is 0 Å². The molecule has 0 spiro atoms. The topological polar surface area (TPSA) is 69.9 Å². The summed E-state index contributed by atoms with van der Waals surface area (Å²) < 4.78 is 24.7. The van der Waals surface area contributed by atoms with Crippen molar-refractivity contribution in [1.29, 1.82) is 0 Å². The average molecular weight is 290 g/mol. The molecule has 0 amide bonds. The van der Waals surface area contributed by atoms with Crippen molar-refractivity contribution in [3.05, 3.63) is 0 Å². The number of piperidine rings is 1. The third-order valence-corrected chi connectivity index (χ3v) is 5.81. The van der Waals surface area contributed by atoms with Crippen LogP contribution in [-0.4, -0.2) is 87.2 Å². The number of hydrogen-bond acceptors (Lipinski definition) is 5. The molecule has 2 N–H and O–H groups in total. The number of likely N-dealkylation sites (N-methyl/N-ethyl adjacent to an activating group) is 1. The summed E-state index contributed by atoms with van der Waals surface area (Å²) in [6.07, 6.45) is 3.57. The van der Waals surface area contributed by atoms with E-state index in [2.05, 4.69) is 16.8 Å². The van der Waals surface area contributed by atoms with Crippen LogP contribution in [0, 0.1) is 0 Å². The minimum absolute atomic E-state index is 0.0383. The van der Waals surface area contributed by atoms with Crippen molar-refractivity contribution in [2.75, 3.05) is 59.1 Å². The number of nitrogens with zero attached hydrogens (tertiary/aromatic N) is 3. The summed E-state index contributed by atoms with van der Waals surface area (Å²) in [5, 5.41) is 0. The van der Waals surface area contributed by atoms with Gasteiger partial charge in [-0.05, 0) is 26.4 Å². The Hall–Kier alpha value is -0.210. The number of likely N-dealkylation sites (tertiary alicyclic amines) is 1. The predicted octanol–water partition coefficient (Wildman–Crippen LogP) is -1.01. The molecule has 2 heterocycles. The van der Waals surface area contributed by atoms with Gasteiger partial charge in [0.25, 0.3) is 0 Å². The van der Waals surface area contributed by atoms with Crippen LogP contribution >= 0.6 is 0 Å². The first-order chi connectivity index (χ1) is 8.87. The molecule has 2 aliphatic rings. The second-order valence-electron chi connectivity index (χ2n) is 5.92. The van der Waals surface area contributed by atoms with E-state index in [0.717, 1.165) is 32.6 Å². The molecule has 0 radical (unpaired) electrons. The van der Waals surface area contributed by atoms with Crippen molar-refractivity contribution < 1.29 is 8.42 Å². The second-order valence-corrected chi connectivity index (χ2v) is 7.90. The lowest BCUT2D eigenvalue weighted by molar-refractivity contribution is 0.00631. The first kappa shape index (κ1) is 15.2. The molecular weight excluding hydrogens is 264 g/mol. The largest absolute Gasteiger partial charge is 0.329 e. The molecule has 1 unspecified atom stereocenters. The molecule has 7 heteroatoms. The van der Waals surface area contributed by atoms with Gasteiger partial charge < -0.3 is 10.6 Å². The van der Waals surface area contributed by atoms with Crippen LogP contribution in [0.3, 0.4) is 0 Å². The fourth-order valence-electron chi connectivity index (χ4n) is 3.39. The number of sulfonamides is 1. The quantitative estimate of drug-likeness (QED) is 0.721. The Morgan fingerprint density at radius 3 is 2.26 bits per heavy atom. The molecule has 2 fully saturated rings. The highest BCUT2D eigenvalue weighted by Gasteiger charge is 2.40. The maximum Gasteiger partial charge on any atom is 0.211 e. The van der Waals surface area contributed by atoms with Gasteiger partial charge in [-0.25, -0.2) is 8.42 Å². The van der Waals surface area contributed by atoms with Gasteiger partial charge in [-0.2, -0.15) is 4.31 Å². The Kier molecular flexibility index (Phi) is 4.52. The second kappa shape index (κ2) is 5.65. The highest BCUT2D eigenvalue weighted by Crippen LogP contribution is 2.27. The van der Waals surface area contributed by atoms with E-state index in [-0.39, 0.29) is 5.54 Å². The van der Waals surface area contributed by atoms with Gasteiger partial charge in [0.15, 0.2) is 0 Å². The summed E-state index contributed by atoms with van der Waals surface area (Å²) >= 11 is 0. The van der Waals surface area contributed by atoms with Gasteiger partial charge in [-0.15, -0.1) is 0 Å². The maximum atomic E-state index is 11.5. The SMILES string of the molecule is CN1CCCC(CN)(N2CCN(S(C)(=O)=O)CC2)C1. The zero-order valence-electron chi connectivity index (χ0n) is 12.0. The van der Waals surface area contributed by atoms with Crippen LogP contribution in [0.5, 0.6) is 0 Å². The van der Waals surface area contributed by atoms with E-state index in [1.165, 1.54) is 12.7 Å². The van der Waals surface area contributed by atoms with E-state index in [1.54, 1.807) is 4.31 Å². The van der Waals surface area contributed by atoms with Crippen molar-refractivity contribution in [2.24, 2.45) is 5.73 Å². The van der Waals surface area contributed by atoms with Crippen molar-refractivity contribution in [3.63, 3.8) is 0 Å². The normalized spacial score (nSPS) is 32.6. The number of rotatable bonds is 3. The van der Waals surface area contributed by atoms with Crippen LogP contribution in [0.2, 0.25) is 0 Å². The van der Waals surface area contributed by atoms with Crippen molar-refractivity contribution in [2.45, 2.75) is 18.4 Å². The van der Waals surface area contributed by atoms with Gasteiger partial charge in [-0.1, -0.05) is 0 Å². The summed E-state index contributed by atoms with van der Waals surface area (Å²) in [4.78, 5) is 4.74. The van der Waals surface area contributed by atoms with Gasteiger partial charge in [0.05, 0.1) is 6.26 Å². The van der Waals surface area contributed by atoms with Gasteiger partial charge in [0.2, 0.25) is 10.0 Å². The summed E-state index contributed by atoms with van der Waals surface area (Å²) in [5.74, 6) is 0. The van der Waals surface area contributed by atoms with E-state index in [4.69, 9.17) is 5.73 Å². The standard InChI is InChI=1S/C12H26N4O2S/c1-14-5-3-4-12(10-13,11-14)15-6-8-16(9-7-15)19(2,17)18/h3-11,13H2,1-2H3. The van der Waals surface area contributed by atoms with Gasteiger partial charge >= 0.3 is 0 Å². The summed E-state index contributed by atoms with van der Waals surface area (Å²) in [6.45, 7) is 5.52. The third-order valence-electron chi connectivity index (χ3n) is 4.50. The van der Waals surface area contributed by atoms with Crippen LogP contribution in [-0.2, 0) is 10.0 Å². The van der Waals surface area contributed by atoms with Crippen molar-refractivity contribution in [3.8, 4) is 0 Å². The molecule has 0 aromatic heterocycles. The minimum Gasteiger partial charge on any atom is -0.329 e. The molecule has 2 saturated heterocycles. The molecule has 0 bridgehead atoms. The first-order valence-electron chi connectivity index (χ1n) is 6.96. The van der Waals surface area contributed by atoms with E-state index >= 15 is 0 Å². The summed E-state index contributed by atoms with van der Waals surface area (Å²) in [5.41, 5.74) is 6.09. The monoisotopic (exact) mass is 290 g/mol. The van der Waals surface area contributed by atoms with Gasteiger partial charge in [-0.3, -0.25) is 4.90 Å². The average Bonchev–Trinajstić information content (AvgIpc) is 2.38. The lowest BCUT2D eigenvalue weighted by Gasteiger charge is -2.51. The first-order valence-corrected chi connectivity index (χ1v) is 8.81. The van der Waals surface area contributed by atoms with E-state index in [1.807, 2.05) is 0 Å². The van der Waals surface area contributed by atoms with Crippen LogP contribution in [0.1, 0.15) is 12.8 Å². The van der Waals surface area contributed by atoms with Crippen LogP contribution < -0.4 is 5.73 Å². The molecule has 2 aliphatic heterocycles. The van der Waals surface area contributed by atoms with Gasteiger partial charge in [0.1, 0.15) is 0 Å². The summed E-state index contributed by atoms with van der Waals surface area (Å²) in [7, 11) is -0.917. The Bertz CT molecular complexity index is 406. The molecule has 0 aliphatic carbocycles. The lowest BCUT2D eigenvalue weighted by Crippen LogP contribution is -2.66. The maximum absolute atomic E-state index is 11.5. The van der Waals surface area contributed by atoms with E-state index in [0.29, 0.717) is 19.6 Å². The third kappa shape index (κ3) is 3.28. The Labute approximate surface area is 116 Å². The van der Waals surface area contributed by atoms with Crippen LogP contribution in [0.25, 0.3) is 0 Å². The zero-order chi connectivity index (χ0) is 14.1. The zero-order valence-corrected chi connectivity index (χ0v) is 12.8. The van der Waals surface area contributed by atoms with Gasteiger partial charge in [0, 0.05) is 44.8 Å². The molecule has 1 atom stereocenters. The van der Waals surface area contributed by atoms with E-state index < -0.39 is 10.0 Å². The summed E-state index contributed by atoms with van der Waals surface area (Å²) in [6, 6.07) is 0. The molecule has 0 aromatic rings. The molecule has 0 saturated carbocycles. The fraction of sp³-hybridized carbons (Fsp3) is 1.00. The fourth-order valence-corrected chi connectivity index (χ4v) is 4.21. The molecule has 19 heavy (non-hydrogen) atoms. The Balaban J connectivity index is 2.03. The molecule has 0 aromatic carbocycles. The number of nitrogens with two attached hydrogens (primary N) is 1. The lowest BCUT2D eigenvalue weighted by atomic mass is 9.87. The number of hydrogen-bond donors (Lipinski definition) is 1. The minimum atomic E-state index is -3.05. The highest BCUT2D eigenvalue weighted by atomic mass is 32.2. The number of piperazine rings is 1. The van der Waals surface area contributed by atoms with E-state index in [9.17, 15) is 8.42 Å². The molecule has 112 valence electrons. The predicted molar refractivity (Wildman–Crippen MR) is 76.5 cm³/mol. The highest BCUT2D eigenvalue weighted by molar-refractivity contribution is 7.88. The molecule has 2 rings (SSSR count).